The standard InChI is InChI=1S/C28H33N5O/c1-5-12-31-13-10-22(11-14-31)23-7-9-24-8-6-19(2)25(15-28(34)32(24)18-23)26-16-27-21(4)29-20(3)17-33(27)30-26/h7-10,15-19H,5-6,11-14H2,1-4H3. The highest BCUT2D eigenvalue weighted by atomic mass is 16.2. The van der Waals surface area contributed by atoms with E-state index < -0.39 is 0 Å². The van der Waals surface area contributed by atoms with Gasteiger partial charge in [-0.3, -0.25) is 19.6 Å². The van der Waals surface area contributed by atoms with Crippen LogP contribution < -0.4 is 0 Å². The number of rotatable bonds is 4. The van der Waals surface area contributed by atoms with Crippen molar-refractivity contribution in [2.75, 3.05) is 19.6 Å². The second-order valence-electron chi connectivity index (χ2n) is 9.60. The lowest BCUT2D eigenvalue weighted by atomic mass is 9.91. The summed E-state index contributed by atoms with van der Waals surface area (Å²) in [6.07, 6.45) is 17.5. The van der Waals surface area contributed by atoms with Gasteiger partial charge in [0.2, 0.25) is 0 Å². The van der Waals surface area contributed by atoms with Crippen molar-refractivity contribution in [3.63, 3.8) is 0 Å². The quantitative estimate of drug-likeness (QED) is 0.653. The van der Waals surface area contributed by atoms with Gasteiger partial charge in [0.15, 0.2) is 0 Å². The molecule has 0 radical (unpaired) electrons. The monoisotopic (exact) mass is 455 g/mol. The first-order valence-electron chi connectivity index (χ1n) is 12.3. The fraction of sp³-hybridized carbons (Fsp3) is 0.393. The van der Waals surface area contributed by atoms with E-state index in [9.17, 15) is 4.79 Å². The third-order valence-electron chi connectivity index (χ3n) is 6.97. The molecule has 0 saturated heterocycles. The topological polar surface area (TPSA) is 53.7 Å². The van der Waals surface area contributed by atoms with Crippen LogP contribution in [0.15, 0.2) is 65.7 Å². The summed E-state index contributed by atoms with van der Waals surface area (Å²) in [6.45, 7) is 11.5. The first-order chi connectivity index (χ1) is 16.4. The van der Waals surface area contributed by atoms with Crippen LogP contribution in [0.5, 0.6) is 0 Å². The van der Waals surface area contributed by atoms with Crippen molar-refractivity contribution < 1.29 is 4.79 Å². The molecular weight excluding hydrogens is 422 g/mol. The molecule has 1 unspecified atom stereocenters. The number of nitrogens with zero attached hydrogens (tertiary/aromatic N) is 5. The summed E-state index contributed by atoms with van der Waals surface area (Å²) in [6, 6.07) is 2.05. The summed E-state index contributed by atoms with van der Waals surface area (Å²) in [5.41, 5.74) is 8.07. The van der Waals surface area contributed by atoms with Crippen molar-refractivity contribution in [2.45, 2.75) is 47.0 Å². The van der Waals surface area contributed by atoms with Gasteiger partial charge in [0.25, 0.3) is 5.91 Å². The van der Waals surface area contributed by atoms with Crippen molar-refractivity contribution in [3.8, 4) is 0 Å². The van der Waals surface area contributed by atoms with E-state index in [0.717, 1.165) is 71.9 Å². The number of hydrogen-bond donors (Lipinski definition) is 0. The second kappa shape index (κ2) is 9.18. The summed E-state index contributed by atoms with van der Waals surface area (Å²) in [4.78, 5) is 22.3. The molecule has 0 spiro atoms. The van der Waals surface area contributed by atoms with E-state index in [-0.39, 0.29) is 11.8 Å². The largest absolute Gasteiger partial charge is 0.299 e. The van der Waals surface area contributed by atoms with E-state index in [1.807, 2.05) is 30.8 Å². The zero-order valence-electron chi connectivity index (χ0n) is 20.6. The van der Waals surface area contributed by atoms with Crippen molar-refractivity contribution >= 4 is 17.0 Å². The molecule has 5 rings (SSSR count). The molecule has 6 nitrogen and oxygen atoms in total. The Morgan fingerprint density at radius 1 is 1.18 bits per heavy atom. The molecule has 3 aliphatic rings. The Kier molecular flexibility index (Phi) is 6.09. The normalized spacial score (nSPS) is 21.5. The summed E-state index contributed by atoms with van der Waals surface area (Å²) < 4.78 is 1.88. The molecule has 0 fully saturated rings. The molecule has 5 heterocycles. The molecule has 1 amide bonds. The zero-order valence-corrected chi connectivity index (χ0v) is 20.6. The summed E-state index contributed by atoms with van der Waals surface area (Å²) in [5.74, 6) is 0.156. The lowest BCUT2D eigenvalue weighted by molar-refractivity contribution is -0.122. The van der Waals surface area contributed by atoms with Gasteiger partial charge in [-0.2, -0.15) is 5.10 Å². The van der Waals surface area contributed by atoms with Crippen molar-refractivity contribution in [2.24, 2.45) is 5.92 Å². The molecule has 1 atom stereocenters. The van der Waals surface area contributed by atoms with Gasteiger partial charge in [0.1, 0.15) is 0 Å². The van der Waals surface area contributed by atoms with Crippen LogP contribution in [0.4, 0.5) is 0 Å². The molecular formula is C28H33N5O. The van der Waals surface area contributed by atoms with Crippen LogP contribution in [0.2, 0.25) is 0 Å². The fourth-order valence-corrected chi connectivity index (χ4v) is 5.08. The smallest absolute Gasteiger partial charge is 0.255 e. The molecule has 6 heteroatoms. The van der Waals surface area contributed by atoms with Crippen LogP contribution in [0, 0.1) is 19.8 Å². The van der Waals surface area contributed by atoms with Crippen LogP contribution in [0.3, 0.4) is 0 Å². The number of amides is 1. The molecule has 0 bridgehead atoms. The Morgan fingerprint density at radius 3 is 2.79 bits per heavy atom. The van der Waals surface area contributed by atoms with E-state index in [4.69, 9.17) is 5.10 Å². The minimum absolute atomic E-state index is 0.0262. The molecule has 3 aliphatic heterocycles. The van der Waals surface area contributed by atoms with Gasteiger partial charge in [-0.05, 0) is 74.4 Å². The predicted molar refractivity (Wildman–Crippen MR) is 136 cm³/mol. The lowest BCUT2D eigenvalue weighted by Crippen LogP contribution is -2.31. The Labute approximate surface area is 201 Å². The van der Waals surface area contributed by atoms with E-state index in [1.165, 1.54) is 12.0 Å². The van der Waals surface area contributed by atoms with Gasteiger partial charge in [0, 0.05) is 31.1 Å². The molecule has 34 heavy (non-hydrogen) atoms. The molecule has 2 aromatic heterocycles. The Balaban J connectivity index is 1.46. The average molecular weight is 456 g/mol. The number of carbonyl (C=O) groups is 1. The molecule has 0 saturated carbocycles. The molecule has 0 aromatic carbocycles. The minimum Gasteiger partial charge on any atom is -0.299 e. The fourth-order valence-electron chi connectivity index (χ4n) is 5.08. The highest BCUT2D eigenvalue weighted by molar-refractivity contribution is 5.98. The first-order valence-corrected chi connectivity index (χ1v) is 12.3. The number of aromatic nitrogens is 3. The maximum Gasteiger partial charge on any atom is 0.255 e. The Bertz CT molecular complexity index is 1290. The average Bonchev–Trinajstić information content (AvgIpc) is 3.25. The SMILES string of the molecule is CCCN1CC=C(C2=CN3C(=O)C=C(c4cc5c(C)nc(C)cn5n4)C(C)CC=C3C=C2)CC1. The van der Waals surface area contributed by atoms with Gasteiger partial charge < -0.3 is 0 Å². The van der Waals surface area contributed by atoms with Gasteiger partial charge >= 0.3 is 0 Å². The Morgan fingerprint density at radius 2 is 2.03 bits per heavy atom. The third-order valence-corrected chi connectivity index (χ3v) is 6.97. The summed E-state index contributed by atoms with van der Waals surface area (Å²) >= 11 is 0. The number of fused-ring (bicyclic) bond motifs is 2. The second-order valence-corrected chi connectivity index (χ2v) is 9.60. The number of aryl methyl sites for hydroxylation is 2. The van der Waals surface area contributed by atoms with Gasteiger partial charge in [-0.15, -0.1) is 0 Å². The van der Waals surface area contributed by atoms with Gasteiger partial charge in [-0.25, -0.2) is 4.52 Å². The number of hydrogen-bond acceptors (Lipinski definition) is 4. The summed E-state index contributed by atoms with van der Waals surface area (Å²) in [7, 11) is 0. The van der Waals surface area contributed by atoms with E-state index >= 15 is 0 Å². The van der Waals surface area contributed by atoms with E-state index in [1.54, 1.807) is 11.0 Å². The summed E-state index contributed by atoms with van der Waals surface area (Å²) in [5, 5.41) is 4.80. The predicted octanol–water partition coefficient (Wildman–Crippen LogP) is 4.98. The highest BCUT2D eigenvalue weighted by Crippen LogP contribution is 2.33. The van der Waals surface area contributed by atoms with Crippen LogP contribution in [-0.4, -0.2) is 49.9 Å². The highest BCUT2D eigenvalue weighted by Gasteiger charge is 2.25. The van der Waals surface area contributed by atoms with Gasteiger partial charge in [0.05, 0.1) is 28.8 Å². The maximum atomic E-state index is 13.5. The molecule has 0 aliphatic carbocycles. The van der Waals surface area contributed by atoms with Crippen molar-refractivity contribution in [3.05, 3.63) is 82.8 Å². The number of allylic oxidation sites excluding steroid dienone is 5. The number of carbonyl (C=O) groups excluding carboxylic acids is 1. The van der Waals surface area contributed by atoms with Crippen LogP contribution >= 0.6 is 0 Å². The van der Waals surface area contributed by atoms with Crippen LogP contribution in [0.1, 0.15) is 50.2 Å². The van der Waals surface area contributed by atoms with Crippen LogP contribution in [0.25, 0.3) is 11.1 Å². The molecule has 0 N–H and O–H groups in total. The third kappa shape index (κ3) is 4.30. The first kappa shape index (κ1) is 22.5. The van der Waals surface area contributed by atoms with Gasteiger partial charge in [-0.1, -0.05) is 32.1 Å². The Hall–Kier alpha value is -3.25. The van der Waals surface area contributed by atoms with Crippen LogP contribution in [-0.2, 0) is 4.79 Å². The maximum absolute atomic E-state index is 13.5. The van der Waals surface area contributed by atoms with Crippen molar-refractivity contribution in [1.82, 2.24) is 24.4 Å². The molecule has 176 valence electrons. The lowest BCUT2D eigenvalue weighted by Gasteiger charge is -2.30. The molecule has 2 aromatic rings. The zero-order chi connectivity index (χ0) is 23.8. The minimum atomic E-state index is -0.0262. The van der Waals surface area contributed by atoms with E-state index in [2.05, 4.69) is 54.1 Å². The van der Waals surface area contributed by atoms with E-state index in [0.29, 0.717) is 0 Å². The van der Waals surface area contributed by atoms with Crippen molar-refractivity contribution in [1.29, 1.82) is 0 Å².